The van der Waals surface area contributed by atoms with Crippen LogP contribution in [0.5, 0.6) is 11.5 Å². The van der Waals surface area contributed by atoms with Crippen molar-refractivity contribution in [2.45, 2.75) is 50.6 Å². The van der Waals surface area contributed by atoms with Crippen molar-refractivity contribution in [1.82, 2.24) is 44.7 Å². The predicted molar refractivity (Wildman–Crippen MR) is 241 cm³/mol. The van der Waals surface area contributed by atoms with Gasteiger partial charge in [0, 0.05) is 76.5 Å². The third kappa shape index (κ3) is 9.55. The van der Waals surface area contributed by atoms with E-state index in [0.717, 1.165) is 81.3 Å². The van der Waals surface area contributed by atoms with E-state index in [9.17, 15) is 24.0 Å². The second-order valence-electron chi connectivity index (χ2n) is 16.8. The van der Waals surface area contributed by atoms with Gasteiger partial charge < -0.3 is 30.3 Å². The molecule has 2 aromatic heterocycles. The van der Waals surface area contributed by atoms with Gasteiger partial charge in [0.05, 0.1) is 35.8 Å². The average molecular weight is 884 g/mol. The van der Waals surface area contributed by atoms with Crippen molar-refractivity contribution in [2.24, 2.45) is 0 Å². The standard InChI is InChI=1S/C47H53N11O7/c48-43-41-42(31-13-15-34(16-14-31)65-33-8-2-1-3-9-33)53-58(44(41)51-30-50-43)32-7-5-21-56(29-32)39(60)12-6-20-54-22-24-55(25-23-54)26-28-64-27-19-49-36-11-4-10-35-40(36)47(63)57(46(35)62)37-17-18-38(59)52-45(37)61/h1-4,8-11,13-16,30,32,37,49H,5-7,12,17-29H2,(H2,48,50,51)(H,52,59,61)/t32-,37?/m1/s1. The lowest BCUT2D eigenvalue weighted by molar-refractivity contribution is -0.136. The van der Waals surface area contributed by atoms with Crippen molar-refractivity contribution in [3.63, 3.8) is 0 Å². The summed E-state index contributed by atoms with van der Waals surface area (Å²) in [5.41, 5.74) is 9.62. The Hall–Kier alpha value is -6.76. The minimum atomic E-state index is -1.01. The number of piperidine rings is 2. The molecule has 9 rings (SSSR count). The van der Waals surface area contributed by atoms with Crippen LogP contribution >= 0.6 is 0 Å². The first kappa shape index (κ1) is 43.5. The third-order valence-electron chi connectivity index (χ3n) is 12.6. The van der Waals surface area contributed by atoms with Crippen molar-refractivity contribution >= 4 is 52.1 Å². The molecule has 4 aliphatic heterocycles. The number of nitrogens with zero attached hydrogens (tertiary/aromatic N) is 8. The second-order valence-corrected chi connectivity index (χ2v) is 16.8. The summed E-state index contributed by atoms with van der Waals surface area (Å²) in [6.45, 7) is 7.98. The van der Waals surface area contributed by atoms with Gasteiger partial charge >= 0.3 is 0 Å². The number of piperazine rings is 1. The van der Waals surface area contributed by atoms with Crippen LogP contribution in [0.3, 0.4) is 0 Å². The highest BCUT2D eigenvalue weighted by atomic mass is 16.5. The number of hydrogen-bond acceptors (Lipinski definition) is 14. The fourth-order valence-electron chi connectivity index (χ4n) is 9.20. The van der Waals surface area contributed by atoms with Crippen molar-refractivity contribution in [3.05, 3.63) is 90.3 Å². The number of nitrogen functional groups attached to an aromatic ring is 1. The van der Waals surface area contributed by atoms with E-state index < -0.39 is 29.7 Å². The first-order chi connectivity index (χ1) is 31.7. The maximum atomic E-state index is 13.6. The van der Waals surface area contributed by atoms with Gasteiger partial charge in [-0.2, -0.15) is 5.10 Å². The lowest BCUT2D eigenvalue weighted by Crippen LogP contribution is -2.54. The topological polar surface area (TPSA) is 210 Å². The zero-order valence-corrected chi connectivity index (χ0v) is 36.2. The first-order valence-electron chi connectivity index (χ1n) is 22.4. The molecule has 0 aliphatic carbocycles. The summed E-state index contributed by atoms with van der Waals surface area (Å²) in [5, 5.41) is 11.2. The zero-order chi connectivity index (χ0) is 44.9. The summed E-state index contributed by atoms with van der Waals surface area (Å²) in [6, 6.07) is 21.3. The number of benzene rings is 3. The van der Waals surface area contributed by atoms with Crippen LogP contribution in [0.1, 0.15) is 65.3 Å². The number of aromatic nitrogens is 4. The number of nitrogens with two attached hydrogens (primary N) is 1. The van der Waals surface area contributed by atoms with Gasteiger partial charge in [0.15, 0.2) is 5.65 Å². The minimum absolute atomic E-state index is 0.0469. The molecule has 65 heavy (non-hydrogen) atoms. The lowest BCUT2D eigenvalue weighted by atomic mass is 10.0. The second kappa shape index (κ2) is 19.5. The molecule has 0 saturated carbocycles. The summed E-state index contributed by atoms with van der Waals surface area (Å²) in [7, 11) is 0. The van der Waals surface area contributed by atoms with Crippen LogP contribution in [0, 0.1) is 0 Å². The van der Waals surface area contributed by atoms with Gasteiger partial charge in [0.2, 0.25) is 17.7 Å². The maximum Gasteiger partial charge on any atom is 0.264 e. The Morgan fingerprint density at radius 3 is 2.38 bits per heavy atom. The molecule has 1 unspecified atom stereocenters. The molecule has 0 bridgehead atoms. The van der Waals surface area contributed by atoms with Crippen LogP contribution in [0.2, 0.25) is 0 Å². The van der Waals surface area contributed by atoms with Crippen LogP contribution < -0.4 is 21.1 Å². The predicted octanol–water partition coefficient (Wildman–Crippen LogP) is 3.96. The number of amides is 5. The molecule has 4 aliphatic rings. The summed E-state index contributed by atoms with van der Waals surface area (Å²) >= 11 is 0. The number of para-hydroxylation sites is 1. The Labute approximate surface area is 376 Å². The van der Waals surface area contributed by atoms with E-state index in [-0.39, 0.29) is 35.9 Å². The molecule has 3 fully saturated rings. The number of carbonyl (C=O) groups excluding carboxylic acids is 5. The van der Waals surface area contributed by atoms with E-state index in [1.807, 2.05) is 64.2 Å². The zero-order valence-electron chi connectivity index (χ0n) is 36.2. The number of anilines is 2. The average Bonchev–Trinajstić information content (AvgIpc) is 3.84. The minimum Gasteiger partial charge on any atom is -0.457 e. The molecule has 338 valence electrons. The van der Waals surface area contributed by atoms with Crippen LogP contribution in [-0.4, -0.2) is 147 Å². The van der Waals surface area contributed by atoms with E-state index in [1.54, 1.807) is 18.2 Å². The Kier molecular flexibility index (Phi) is 13.1. The highest BCUT2D eigenvalue weighted by Gasteiger charge is 2.45. The molecule has 4 N–H and O–H groups in total. The van der Waals surface area contributed by atoms with Crippen molar-refractivity contribution in [1.29, 1.82) is 0 Å². The molecule has 0 radical (unpaired) electrons. The molecule has 18 heteroatoms. The van der Waals surface area contributed by atoms with Gasteiger partial charge in [-0.25, -0.2) is 14.6 Å². The normalized spacial score (nSPS) is 19.4. The molecular weight excluding hydrogens is 831 g/mol. The number of carbonyl (C=O) groups is 5. The number of likely N-dealkylation sites (tertiary alicyclic amines) is 1. The Bertz CT molecular complexity index is 2560. The fraction of sp³-hybridized carbons (Fsp3) is 0.404. The molecule has 5 aromatic rings. The summed E-state index contributed by atoms with van der Waals surface area (Å²) in [4.78, 5) is 80.7. The maximum absolute atomic E-state index is 13.6. The molecule has 2 atom stereocenters. The van der Waals surface area contributed by atoms with Gasteiger partial charge in [0.1, 0.15) is 35.4 Å². The highest BCUT2D eigenvalue weighted by molar-refractivity contribution is 6.25. The number of hydrogen-bond donors (Lipinski definition) is 3. The number of rotatable bonds is 16. The Morgan fingerprint density at radius 1 is 0.831 bits per heavy atom. The van der Waals surface area contributed by atoms with Gasteiger partial charge in [-0.15, -0.1) is 0 Å². The van der Waals surface area contributed by atoms with Crippen LogP contribution in [-0.2, 0) is 19.1 Å². The number of fused-ring (bicyclic) bond motifs is 2. The van der Waals surface area contributed by atoms with Crippen LogP contribution in [0.15, 0.2) is 79.1 Å². The van der Waals surface area contributed by atoms with E-state index in [1.165, 1.54) is 6.33 Å². The summed E-state index contributed by atoms with van der Waals surface area (Å²) in [6.07, 6.45) is 4.66. The highest BCUT2D eigenvalue weighted by Crippen LogP contribution is 2.36. The molecule has 3 saturated heterocycles. The lowest BCUT2D eigenvalue weighted by Gasteiger charge is -2.35. The first-order valence-corrected chi connectivity index (χ1v) is 22.4. The van der Waals surface area contributed by atoms with Gasteiger partial charge in [-0.05, 0) is 80.8 Å². The Morgan fingerprint density at radius 2 is 1.60 bits per heavy atom. The van der Waals surface area contributed by atoms with E-state index in [4.69, 9.17) is 20.3 Å². The smallest absolute Gasteiger partial charge is 0.264 e. The molecule has 18 nitrogen and oxygen atoms in total. The number of ether oxygens (including phenoxy) is 2. The molecule has 5 amide bonds. The van der Waals surface area contributed by atoms with Gasteiger partial charge in [0.25, 0.3) is 11.8 Å². The van der Waals surface area contributed by atoms with Gasteiger partial charge in [-0.3, -0.25) is 39.1 Å². The van der Waals surface area contributed by atoms with E-state index >= 15 is 0 Å². The van der Waals surface area contributed by atoms with E-state index in [2.05, 4.69) is 30.4 Å². The van der Waals surface area contributed by atoms with Crippen LogP contribution in [0.4, 0.5) is 11.5 Å². The fourth-order valence-corrected chi connectivity index (χ4v) is 9.20. The van der Waals surface area contributed by atoms with Crippen molar-refractivity contribution in [3.8, 4) is 22.8 Å². The quantitative estimate of drug-likeness (QED) is 0.0947. The molecular formula is C47H53N11O7. The number of imide groups is 2. The summed E-state index contributed by atoms with van der Waals surface area (Å²) in [5.74, 6) is -0.141. The monoisotopic (exact) mass is 883 g/mol. The molecule has 6 heterocycles. The van der Waals surface area contributed by atoms with Gasteiger partial charge in [-0.1, -0.05) is 24.3 Å². The van der Waals surface area contributed by atoms with Crippen molar-refractivity contribution < 1.29 is 33.4 Å². The van der Waals surface area contributed by atoms with E-state index in [0.29, 0.717) is 66.7 Å². The molecule has 0 spiro atoms. The van der Waals surface area contributed by atoms with Crippen molar-refractivity contribution in [2.75, 3.05) is 83.2 Å². The number of nitrogens with one attached hydrogen (secondary N) is 2. The van der Waals surface area contributed by atoms with Crippen LogP contribution in [0.25, 0.3) is 22.3 Å². The summed E-state index contributed by atoms with van der Waals surface area (Å²) < 4.78 is 13.8. The third-order valence-corrected chi connectivity index (χ3v) is 12.6. The molecule has 3 aromatic carbocycles. The SMILES string of the molecule is Nc1ncnc2c1c(-c1ccc(Oc3ccccc3)cc1)nn2[C@@H]1CCCN(C(=O)CCCN2CCN(CCOCCNc3cccc4c3C(=O)N(C3CCC(=O)NC3=O)C4=O)CC2)C1. The Balaban J connectivity index is 0.689. The largest absolute Gasteiger partial charge is 0.457 e.